The number of hydrogen-bond acceptors (Lipinski definition) is 5. The van der Waals surface area contributed by atoms with Gasteiger partial charge in [0, 0.05) is 6.54 Å². The van der Waals surface area contributed by atoms with Crippen molar-refractivity contribution in [1.82, 2.24) is 15.6 Å². The zero-order chi connectivity index (χ0) is 16.1. The molecule has 3 N–H and O–H groups in total. The summed E-state index contributed by atoms with van der Waals surface area (Å²) in [6.45, 7) is 5.37. The van der Waals surface area contributed by atoms with E-state index >= 15 is 0 Å². The molecule has 7 heteroatoms. The molecule has 6 nitrogen and oxygen atoms in total. The number of fused-ring (bicyclic) bond motifs is 1. The summed E-state index contributed by atoms with van der Waals surface area (Å²) in [4.78, 5) is 16.4. The van der Waals surface area contributed by atoms with Crippen molar-refractivity contribution in [3.63, 3.8) is 0 Å². The number of ether oxygens (including phenoxy) is 1. The van der Waals surface area contributed by atoms with Crippen LogP contribution in [0.2, 0.25) is 0 Å². The van der Waals surface area contributed by atoms with Gasteiger partial charge in [-0.15, -0.1) is 0 Å². The fourth-order valence-corrected chi connectivity index (χ4v) is 3.57. The molecule has 1 aliphatic heterocycles. The largest absolute Gasteiger partial charge is 0.494 e. The molecule has 2 heterocycles. The normalized spacial score (nSPS) is 15.5. The van der Waals surface area contributed by atoms with Crippen molar-refractivity contribution in [1.29, 1.82) is 0 Å². The first kappa shape index (κ1) is 16.0. The summed E-state index contributed by atoms with van der Waals surface area (Å²) in [6, 6.07) is 5.57. The van der Waals surface area contributed by atoms with Crippen LogP contribution in [-0.4, -0.2) is 37.3 Å². The van der Waals surface area contributed by atoms with E-state index < -0.39 is 0 Å². The van der Waals surface area contributed by atoms with Crippen molar-refractivity contribution in [3.05, 3.63) is 18.2 Å². The predicted octanol–water partition coefficient (Wildman–Crippen LogP) is 2.82. The number of carbonyl (C=O) groups is 1. The van der Waals surface area contributed by atoms with E-state index in [1.807, 2.05) is 25.1 Å². The smallest absolute Gasteiger partial charge is 0.321 e. The number of aromatic nitrogens is 1. The third-order valence-electron chi connectivity index (χ3n) is 3.90. The van der Waals surface area contributed by atoms with Gasteiger partial charge in [-0.25, -0.2) is 9.78 Å². The molecule has 0 radical (unpaired) electrons. The van der Waals surface area contributed by atoms with E-state index in [0.717, 1.165) is 41.9 Å². The number of urea groups is 1. The lowest BCUT2D eigenvalue weighted by Crippen LogP contribution is -2.37. The van der Waals surface area contributed by atoms with E-state index in [0.29, 0.717) is 24.2 Å². The van der Waals surface area contributed by atoms with Crippen LogP contribution < -0.4 is 20.7 Å². The maximum atomic E-state index is 12.0. The molecule has 124 valence electrons. The second kappa shape index (κ2) is 7.61. The van der Waals surface area contributed by atoms with Gasteiger partial charge in [-0.1, -0.05) is 11.3 Å². The van der Waals surface area contributed by atoms with Gasteiger partial charge >= 0.3 is 6.03 Å². The van der Waals surface area contributed by atoms with Crippen LogP contribution in [0.3, 0.4) is 0 Å². The minimum Gasteiger partial charge on any atom is -0.494 e. The zero-order valence-electron chi connectivity index (χ0n) is 13.2. The molecule has 1 saturated heterocycles. The van der Waals surface area contributed by atoms with E-state index in [1.165, 1.54) is 11.3 Å². The van der Waals surface area contributed by atoms with Crippen molar-refractivity contribution < 1.29 is 9.53 Å². The topological polar surface area (TPSA) is 75.3 Å². The Morgan fingerprint density at radius 3 is 3.04 bits per heavy atom. The van der Waals surface area contributed by atoms with E-state index in [9.17, 15) is 4.79 Å². The highest BCUT2D eigenvalue weighted by Gasteiger charge is 2.14. The number of amides is 2. The number of piperidine rings is 1. The minimum atomic E-state index is -0.187. The van der Waals surface area contributed by atoms with E-state index in [2.05, 4.69) is 20.9 Å². The highest BCUT2D eigenvalue weighted by atomic mass is 32.1. The van der Waals surface area contributed by atoms with Gasteiger partial charge in [0.1, 0.15) is 5.75 Å². The monoisotopic (exact) mass is 334 g/mol. The molecule has 1 aromatic carbocycles. The lowest BCUT2D eigenvalue weighted by Gasteiger charge is -2.22. The van der Waals surface area contributed by atoms with Crippen molar-refractivity contribution in [2.24, 2.45) is 5.92 Å². The quantitative estimate of drug-likeness (QED) is 0.786. The second-order valence-corrected chi connectivity index (χ2v) is 6.64. The second-order valence-electron chi connectivity index (χ2n) is 5.61. The average molecular weight is 334 g/mol. The SMILES string of the molecule is CCOc1ccc2nc(NC(=O)NCC3CCNCC3)sc2c1. The lowest BCUT2D eigenvalue weighted by atomic mass is 9.98. The number of nitrogens with one attached hydrogen (secondary N) is 3. The summed E-state index contributed by atoms with van der Waals surface area (Å²) in [7, 11) is 0. The summed E-state index contributed by atoms with van der Waals surface area (Å²) >= 11 is 1.45. The van der Waals surface area contributed by atoms with Crippen LogP contribution in [0, 0.1) is 5.92 Å². The summed E-state index contributed by atoms with van der Waals surface area (Å²) in [6.07, 6.45) is 2.23. The molecule has 2 amide bonds. The average Bonchev–Trinajstić information content (AvgIpc) is 2.95. The van der Waals surface area contributed by atoms with Gasteiger partial charge < -0.3 is 15.4 Å². The number of hydrogen-bond donors (Lipinski definition) is 3. The molecule has 0 atom stereocenters. The van der Waals surface area contributed by atoms with Crippen LogP contribution in [0.1, 0.15) is 19.8 Å². The molecule has 23 heavy (non-hydrogen) atoms. The molecule has 1 fully saturated rings. The first-order chi connectivity index (χ1) is 11.2. The van der Waals surface area contributed by atoms with E-state index in [-0.39, 0.29) is 6.03 Å². The molecule has 1 aliphatic rings. The summed E-state index contributed by atoms with van der Waals surface area (Å²) < 4.78 is 6.49. The molecule has 2 aromatic rings. The Bertz CT molecular complexity index is 667. The Labute approximate surface area is 139 Å². The lowest BCUT2D eigenvalue weighted by molar-refractivity contribution is 0.248. The highest BCUT2D eigenvalue weighted by Crippen LogP contribution is 2.29. The van der Waals surface area contributed by atoms with Crippen molar-refractivity contribution in [2.45, 2.75) is 19.8 Å². The predicted molar refractivity (Wildman–Crippen MR) is 93.4 cm³/mol. The minimum absolute atomic E-state index is 0.187. The first-order valence-electron chi connectivity index (χ1n) is 8.03. The zero-order valence-corrected chi connectivity index (χ0v) is 14.0. The first-order valence-corrected chi connectivity index (χ1v) is 8.85. The summed E-state index contributed by atoms with van der Waals surface area (Å²) in [5, 5.41) is 9.70. The number of nitrogens with zero attached hydrogens (tertiary/aromatic N) is 1. The van der Waals surface area contributed by atoms with Crippen molar-refractivity contribution >= 4 is 32.7 Å². The molecular weight excluding hydrogens is 312 g/mol. The van der Waals surface area contributed by atoms with Crippen LogP contribution in [0.25, 0.3) is 10.2 Å². The molecule has 3 rings (SSSR count). The maximum Gasteiger partial charge on any atom is 0.321 e. The van der Waals surface area contributed by atoms with E-state index in [1.54, 1.807) is 0 Å². The Balaban J connectivity index is 1.56. The fraction of sp³-hybridized carbons (Fsp3) is 0.500. The Morgan fingerprint density at radius 2 is 2.26 bits per heavy atom. The third kappa shape index (κ3) is 4.33. The van der Waals surface area contributed by atoms with Crippen molar-refractivity contribution in [3.8, 4) is 5.75 Å². The molecule has 0 saturated carbocycles. The van der Waals surface area contributed by atoms with Crippen molar-refractivity contribution in [2.75, 3.05) is 31.6 Å². The molecule has 0 aliphatic carbocycles. The van der Waals surface area contributed by atoms with Gasteiger partial charge in [-0.3, -0.25) is 5.32 Å². The van der Waals surface area contributed by atoms with Gasteiger partial charge in [0.25, 0.3) is 0 Å². The molecule has 0 bridgehead atoms. The Morgan fingerprint density at radius 1 is 1.43 bits per heavy atom. The highest BCUT2D eigenvalue weighted by molar-refractivity contribution is 7.22. The van der Waals surface area contributed by atoms with Crippen LogP contribution in [0.15, 0.2) is 18.2 Å². The Kier molecular flexibility index (Phi) is 5.30. The van der Waals surface area contributed by atoms with Gasteiger partial charge in [0.15, 0.2) is 5.13 Å². The number of thiazole rings is 1. The number of carbonyl (C=O) groups excluding carboxylic acids is 1. The van der Waals surface area contributed by atoms with E-state index in [4.69, 9.17) is 4.74 Å². The molecule has 0 spiro atoms. The summed E-state index contributed by atoms with van der Waals surface area (Å²) in [5.41, 5.74) is 0.868. The van der Waals surface area contributed by atoms with Gasteiger partial charge in [-0.05, 0) is 57.0 Å². The van der Waals surface area contributed by atoms with Crippen LogP contribution in [0.5, 0.6) is 5.75 Å². The number of anilines is 1. The standard InChI is InChI=1S/C16H22N4O2S/c1-2-22-12-3-4-13-14(9-12)23-16(19-13)20-15(21)18-10-11-5-7-17-8-6-11/h3-4,9,11,17H,2,5-8,10H2,1H3,(H2,18,19,20,21). The third-order valence-corrected chi connectivity index (χ3v) is 4.83. The van der Waals surface area contributed by atoms with Crippen LogP contribution >= 0.6 is 11.3 Å². The van der Waals surface area contributed by atoms with Crippen LogP contribution in [-0.2, 0) is 0 Å². The number of benzene rings is 1. The Hall–Kier alpha value is -1.86. The van der Waals surface area contributed by atoms with Gasteiger partial charge in [-0.2, -0.15) is 0 Å². The molecular formula is C16H22N4O2S. The molecule has 0 unspecified atom stereocenters. The van der Waals surface area contributed by atoms with Gasteiger partial charge in [0.2, 0.25) is 0 Å². The maximum absolute atomic E-state index is 12.0. The molecule has 1 aromatic heterocycles. The fourth-order valence-electron chi connectivity index (χ4n) is 2.68. The summed E-state index contributed by atoms with van der Waals surface area (Å²) in [5.74, 6) is 1.39. The van der Waals surface area contributed by atoms with Crippen LogP contribution in [0.4, 0.5) is 9.93 Å². The van der Waals surface area contributed by atoms with Gasteiger partial charge in [0.05, 0.1) is 16.8 Å². The number of rotatable bonds is 5.